The second kappa shape index (κ2) is 9.39. The highest BCUT2D eigenvalue weighted by Gasteiger charge is 2.17. The lowest BCUT2D eigenvalue weighted by molar-refractivity contribution is 0.174. The number of fused-ring (bicyclic) bond motifs is 1. The monoisotopic (exact) mass is 409 g/mol. The Kier molecular flexibility index (Phi) is 6.22. The van der Waals surface area contributed by atoms with Crippen LogP contribution in [0.25, 0.3) is 0 Å². The minimum atomic E-state index is -0.0289. The number of nitrogens with zero attached hydrogens (tertiary/aromatic N) is 2. The normalized spacial score (nSPS) is 15.2. The van der Waals surface area contributed by atoms with Gasteiger partial charge in [-0.3, -0.25) is 4.99 Å². The molecular formula is C22H27N5O3. The Hall–Kier alpha value is -3.42. The van der Waals surface area contributed by atoms with E-state index in [4.69, 9.17) is 9.47 Å². The van der Waals surface area contributed by atoms with E-state index in [1.54, 1.807) is 7.05 Å². The first kappa shape index (κ1) is 19.9. The fourth-order valence-corrected chi connectivity index (χ4v) is 3.52. The molecule has 1 fully saturated rings. The molecule has 30 heavy (non-hydrogen) atoms. The largest absolute Gasteiger partial charge is 0.454 e. The van der Waals surface area contributed by atoms with Crippen LogP contribution in [-0.2, 0) is 13.1 Å². The van der Waals surface area contributed by atoms with E-state index >= 15 is 0 Å². The van der Waals surface area contributed by atoms with Gasteiger partial charge in [-0.2, -0.15) is 0 Å². The number of urea groups is 1. The van der Waals surface area contributed by atoms with E-state index in [0.29, 0.717) is 19.0 Å². The molecule has 0 aliphatic carbocycles. The maximum Gasteiger partial charge on any atom is 0.321 e. The van der Waals surface area contributed by atoms with Crippen molar-refractivity contribution >= 4 is 17.7 Å². The number of aliphatic imine (C=N–C) groups is 1. The van der Waals surface area contributed by atoms with Crippen LogP contribution < -0.4 is 25.4 Å². The molecule has 8 heteroatoms. The second-order valence-corrected chi connectivity index (χ2v) is 7.29. The Morgan fingerprint density at radius 2 is 1.73 bits per heavy atom. The van der Waals surface area contributed by atoms with Crippen molar-refractivity contribution in [2.24, 2.45) is 4.99 Å². The van der Waals surface area contributed by atoms with Crippen molar-refractivity contribution in [3.8, 4) is 11.5 Å². The summed E-state index contributed by atoms with van der Waals surface area (Å²) in [6.45, 7) is 3.14. The SMILES string of the molecule is CN=C(NCc1cccc(NC(=O)N2CCCC2)c1)NCc1ccc2c(c1)OCO2. The molecule has 8 nitrogen and oxygen atoms in total. The predicted molar refractivity (Wildman–Crippen MR) is 116 cm³/mol. The highest BCUT2D eigenvalue weighted by molar-refractivity contribution is 5.89. The average Bonchev–Trinajstić information content (AvgIpc) is 3.46. The number of rotatable bonds is 5. The van der Waals surface area contributed by atoms with E-state index in [0.717, 1.165) is 54.2 Å². The standard InChI is InChI=1S/C22H27N5O3/c1-23-21(25-14-17-7-8-19-20(12-17)30-15-29-19)24-13-16-5-4-6-18(11-16)26-22(28)27-9-2-3-10-27/h4-8,11-12H,2-3,9-10,13-15H2,1H3,(H,26,28)(H2,23,24,25). The van der Waals surface area contributed by atoms with Gasteiger partial charge in [-0.15, -0.1) is 0 Å². The highest BCUT2D eigenvalue weighted by atomic mass is 16.7. The molecule has 0 radical (unpaired) electrons. The van der Waals surface area contributed by atoms with E-state index < -0.39 is 0 Å². The number of guanidine groups is 1. The zero-order chi connectivity index (χ0) is 20.8. The van der Waals surface area contributed by atoms with Crippen molar-refractivity contribution in [2.45, 2.75) is 25.9 Å². The van der Waals surface area contributed by atoms with Gasteiger partial charge in [-0.05, 0) is 48.2 Å². The van der Waals surface area contributed by atoms with E-state index in [2.05, 4.69) is 20.9 Å². The molecule has 2 aromatic carbocycles. The molecule has 0 aromatic heterocycles. The summed E-state index contributed by atoms with van der Waals surface area (Å²) in [5, 5.41) is 9.59. The molecule has 2 aromatic rings. The summed E-state index contributed by atoms with van der Waals surface area (Å²) in [5.74, 6) is 2.24. The van der Waals surface area contributed by atoms with Gasteiger partial charge in [0.1, 0.15) is 0 Å². The quantitative estimate of drug-likeness (QED) is 0.522. The zero-order valence-electron chi connectivity index (χ0n) is 17.1. The first-order valence-corrected chi connectivity index (χ1v) is 10.2. The minimum Gasteiger partial charge on any atom is -0.454 e. The summed E-state index contributed by atoms with van der Waals surface area (Å²) in [7, 11) is 1.74. The van der Waals surface area contributed by atoms with Gasteiger partial charge in [0, 0.05) is 38.9 Å². The Morgan fingerprint density at radius 1 is 1.00 bits per heavy atom. The maximum atomic E-state index is 12.3. The van der Waals surface area contributed by atoms with Gasteiger partial charge in [-0.1, -0.05) is 18.2 Å². The number of ether oxygens (including phenoxy) is 2. The van der Waals surface area contributed by atoms with Crippen LogP contribution in [0.4, 0.5) is 10.5 Å². The van der Waals surface area contributed by atoms with Crippen LogP contribution in [0.15, 0.2) is 47.5 Å². The van der Waals surface area contributed by atoms with Crippen molar-refractivity contribution < 1.29 is 14.3 Å². The number of nitrogens with one attached hydrogen (secondary N) is 3. The van der Waals surface area contributed by atoms with Crippen molar-refractivity contribution in [1.82, 2.24) is 15.5 Å². The summed E-state index contributed by atoms with van der Waals surface area (Å²) in [5.41, 5.74) is 2.93. The average molecular weight is 409 g/mol. The maximum absolute atomic E-state index is 12.3. The third-order valence-electron chi connectivity index (χ3n) is 5.15. The summed E-state index contributed by atoms with van der Waals surface area (Å²) in [6.07, 6.45) is 2.16. The predicted octanol–water partition coefficient (Wildman–Crippen LogP) is 2.91. The van der Waals surface area contributed by atoms with Gasteiger partial charge in [-0.25, -0.2) is 4.79 Å². The molecule has 3 N–H and O–H groups in total. The Labute approximate surface area is 176 Å². The van der Waals surface area contributed by atoms with E-state index in [9.17, 15) is 4.79 Å². The highest BCUT2D eigenvalue weighted by Crippen LogP contribution is 2.32. The number of amides is 2. The summed E-state index contributed by atoms with van der Waals surface area (Å²) >= 11 is 0. The molecule has 1 saturated heterocycles. The van der Waals surface area contributed by atoms with Crippen LogP contribution in [0, 0.1) is 0 Å². The molecule has 0 spiro atoms. The number of hydrogen-bond donors (Lipinski definition) is 3. The molecule has 0 atom stereocenters. The van der Waals surface area contributed by atoms with Crippen LogP contribution in [0.1, 0.15) is 24.0 Å². The van der Waals surface area contributed by atoms with Gasteiger partial charge in [0.15, 0.2) is 17.5 Å². The van der Waals surface area contributed by atoms with Crippen LogP contribution in [0.2, 0.25) is 0 Å². The molecule has 2 amide bonds. The Morgan fingerprint density at radius 3 is 2.50 bits per heavy atom. The van der Waals surface area contributed by atoms with Crippen molar-refractivity contribution in [3.05, 3.63) is 53.6 Å². The van der Waals surface area contributed by atoms with Gasteiger partial charge in [0.05, 0.1) is 0 Å². The Bertz CT molecular complexity index is 925. The summed E-state index contributed by atoms with van der Waals surface area (Å²) in [6, 6.07) is 13.7. The fourth-order valence-electron chi connectivity index (χ4n) is 3.52. The van der Waals surface area contributed by atoms with Gasteiger partial charge in [0.25, 0.3) is 0 Å². The van der Waals surface area contributed by atoms with E-state index in [1.165, 1.54) is 0 Å². The minimum absolute atomic E-state index is 0.0289. The van der Waals surface area contributed by atoms with Crippen LogP contribution in [0.5, 0.6) is 11.5 Å². The molecular weight excluding hydrogens is 382 g/mol. The zero-order valence-corrected chi connectivity index (χ0v) is 17.1. The van der Waals surface area contributed by atoms with Crippen LogP contribution >= 0.6 is 0 Å². The summed E-state index contributed by atoms with van der Waals surface area (Å²) < 4.78 is 10.8. The molecule has 4 rings (SSSR count). The lowest BCUT2D eigenvalue weighted by Crippen LogP contribution is -2.36. The topological polar surface area (TPSA) is 87.2 Å². The second-order valence-electron chi connectivity index (χ2n) is 7.29. The molecule has 2 aliphatic rings. The van der Waals surface area contributed by atoms with Gasteiger partial charge < -0.3 is 30.3 Å². The molecule has 2 heterocycles. The molecule has 0 bridgehead atoms. The number of hydrogen-bond acceptors (Lipinski definition) is 4. The number of likely N-dealkylation sites (tertiary alicyclic amines) is 1. The fraction of sp³-hybridized carbons (Fsp3) is 0.364. The van der Waals surface area contributed by atoms with E-state index in [-0.39, 0.29) is 12.8 Å². The molecule has 0 saturated carbocycles. The van der Waals surface area contributed by atoms with Gasteiger partial charge in [0.2, 0.25) is 6.79 Å². The Balaban J connectivity index is 1.28. The smallest absolute Gasteiger partial charge is 0.321 e. The lowest BCUT2D eigenvalue weighted by atomic mass is 10.2. The number of carbonyl (C=O) groups excluding carboxylic acids is 1. The van der Waals surface area contributed by atoms with Crippen molar-refractivity contribution in [3.63, 3.8) is 0 Å². The number of anilines is 1. The molecule has 158 valence electrons. The first-order chi connectivity index (χ1) is 14.7. The van der Waals surface area contributed by atoms with E-state index in [1.807, 2.05) is 47.4 Å². The van der Waals surface area contributed by atoms with Crippen molar-refractivity contribution in [2.75, 3.05) is 32.2 Å². The summed E-state index contributed by atoms with van der Waals surface area (Å²) in [4.78, 5) is 18.4. The van der Waals surface area contributed by atoms with Crippen LogP contribution in [-0.4, -0.2) is 43.8 Å². The molecule has 2 aliphatic heterocycles. The lowest BCUT2D eigenvalue weighted by Gasteiger charge is -2.17. The first-order valence-electron chi connectivity index (χ1n) is 10.2. The third kappa shape index (κ3) is 4.94. The number of carbonyl (C=O) groups is 1. The van der Waals surface area contributed by atoms with Gasteiger partial charge >= 0.3 is 6.03 Å². The third-order valence-corrected chi connectivity index (χ3v) is 5.15. The number of benzene rings is 2. The molecule has 0 unspecified atom stereocenters. The van der Waals surface area contributed by atoms with Crippen LogP contribution in [0.3, 0.4) is 0 Å². The van der Waals surface area contributed by atoms with Crippen molar-refractivity contribution in [1.29, 1.82) is 0 Å².